The van der Waals surface area contributed by atoms with Gasteiger partial charge in [-0.2, -0.15) is 0 Å². The third kappa shape index (κ3) is 2.62. The second-order valence-electron chi connectivity index (χ2n) is 3.57. The molecule has 0 fully saturated rings. The van der Waals surface area contributed by atoms with Crippen LogP contribution in [0.25, 0.3) is 11.3 Å². The van der Waals surface area contributed by atoms with Crippen molar-refractivity contribution in [2.45, 2.75) is 13.0 Å². The van der Waals surface area contributed by atoms with E-state index in [1.54, 1.807) is 5.38 Å². The fourth-order valence-corrected chi connectivity index (χ4v) is 2.32. The van der Waals surface area contributed by atoms with Gasteiger partial charge in [0.1, 0.15) is 5.82 Å². The molecule has 2 aromatic rings. The molecule has 94 valence electrons. The Morgan fingerprint density at radius 3 is 2.94 bits per heavy atom. The molecule has 0 spiro atoms. The fourth-order valence-electron chi connectivity index (χ4n) is 1.53. The van der Waals surface area contributed by atoms with Crippen LogP contribution in [-0.2, 0) is 11.3 Å². The number of aromatic nitrogens is 2. The molecule has 2 aromatic heterocycles. The van der Waals surface area contributed by atoms with Crippen LogP contribution in [0.3, 0.4) is 0 Å². The van der Waals surface area contributed by atoms with Crippen LogP contribution in [0.2, 0.25) is 0 Å². The van der Waals surface area contributed by atoms with Gasteiger partial charge in [-0.1, -0.05) is 11.3 Å². The number of pyridine rings is 1. The number of aliphatic carboxylic acids is 1. The lowest BCUT2D eigenvalue weighted by molar-refractivity contribution is -0.137. The molecule has 0 aliphatic carbocycles. The van der Waals surface area contributed by atoms with Gasteiger partial charge < -0.3 is 5.11 Å². The van der Waals surface area contributed by atoms with Crippen LogP contribution in [0, 0.1) is 5.82 Å². The second-order valence-corrected chi connectivity index (χ2v) is 4.39. The molecule has 0 saturated heterocycles. The molecule has 0 aromatic carbocycles. The standard InChI is InChI=1S/C11H9FN2O3S/c12-8-3-7(4-13-5-8)9-6-18-11(17)14(9)2-1-10(15)16/h3-6H,1-2H2,(H,15,16). The molecule has 0 radical (unpaired) electrons. The van der Waals surface area contributed by atoms with Gasteiger partial charge in [-0.25, -0.2) is 4.39 Å². The van der Waals surface area contributed by atoms with Gasteiger partial charge in [-0.05, 0) is 6.07 Å². The Morgan fingerprint density at radius 2 is 2.28 bits per heavy atom. The maximum Gasteiger partial charge on any atom is 0.307 e. The molecule has 0 bridgehead atoms. The van der Waals surface area contributed by atoms with E-state index in [0.29, 0.717) is 11.3 Å². The van der Waals surface area contributed by atoms with Crippen LogP contribution in [-0.4, -0.2) is 20.6 Å². The van der Waals surface area contributed by atoms with Crippen LogP contribution in [0.1, 0.15) is 6.42 Å². The van der Waals surface area contributed by atoms with E-state index in [-0.39, 0.29) is 17.8 Å². The van der Waals surface area contributed by atoms with Crippen LogP contribution in [0.5, 0.6) is 0 Å². The lowest BCUT2D eigenvalue weighted by Crippen LogP contribution is -2.16. The van der Waals surface area contributed by atoms with Crippen molar-refractivity contribution in [2.75, 3.05) is 0 Å². The predicted octanol–water partition coefficient (Wildman–Crippen LogP) is 1.59. The number of halogens is 1. The number of carboxylic acids is 1. The van der Waals surface area contributed by atoms with Gasteiger partial charge >= 0.3 is 10.8 Å². The van der Waals surface area contributed by atoms with E-state index < -0.39 is 11.8 Å². The first-order valence-corrected chi connectivity index (χ1v) is 5.97. The monoisotopic (exact) mass is 268 g/mol. The van der Waals surface area contributed by atoms with Crippen molar-refractivity contribution in [3.05, 3.63) is 39.3 Å². The van der Waals surface area contributed by atoms with Gasteiger partial charge in [0.2, 0.25) is 0 Å². The second kappa shape index (κ2) is 5.09. The SMILES string of the molecule is O=C(O)CCn1c(-c2cncc(F)c2)csc1=O. The van der Waals surface area contributed by atoms with Crippen LogP contribution >= 0.6 is 11.3 Å². The first kappa shape index (κ1) is 12.4. The van der Waals surface area contributed by atoms with E-state index in [0.717, 1.165) is 17.5 Å². The number of hydrogen-bond acceptors (Lipinski definition) is 4. The molecule has 0 aliphatic rings. The number of nitrogens with zero attached hydrogens (tertiary/aromatic N) is 2. The molecule has 1 N–H and O–H groups in total. The zero-order valence-electron chi connectivity index (χ0n) is 9.17. The van der Waals surface area contributed by atoms with Crippen molar-refractivity contribution < 1.29 is 14.3 Å². The molecule has 2 rings (SSSR count). The number of rotatable bonds is 4. The van der Waals surface area contributed by atoms with Crippen molar-refractivity contribution >= 4 is 17.3 Å². The topological polar surface area (TPSA) is 72.2 Å². The summed E-state index contributed by atoms with van der Waals surface area (Å²) in [6, 6.07) is 1.26. The van der Waals surface area contributed by atoms with E-state index in [2.05, 4.69) is 4.98 Å². The van der Waals surface area contributed by atoms with E-state index in [1.807, 2.05) is 0 Å². The summed E-state index contributed by atoms with van der Waals surface area (Å²) in [7, 11) is 0. The molecule has 18 heavy (non-hydrogen) atoms. The molecule has 2 heterocycles. The average molecular weight is 268 g/mol. The number of hydrogen-bond donors (Lipinski definition) is 1. The largest absolute Gasteiger partial charge is 0.481 e. The smallest absolute Gasteiger partial charge is 0.307 e. The fraction of sp³-hybridized carbons (Fsp3) is 0.182. The van der Waals surface area contributed by atoms with Crippen molar-refractivity contribution in [2.24, 2.45) is 0 Å². The first-order valence-electron chi connectivity index (χ1n) is 5.09. The van der Waals surface area contributed by atoms with Gasteiger partial charge in [0.15, 0.2) is 0 Å². The minimum absolute atomic E-state index is 0.0590. The van der Waals surface area contributed by atoms with E-state index in [4.69, 9.17) is 5.11 Å². The molecule has 0 atom stereocenters. The highest BCUT2D eigenvalue weighted by Gasteiger charge is 2.11. The average Bonchev–Trinajstić information content (AvgIpc) is 2.68. The molecule has 0 unspecified atom stereocenters. The highest BCUT2D eigenvalue weighted by Crippen LogP contribution is 2.20. The zero-order valence-corrected chi connectivity index (χ0v) is 9.98. The lowest BCUT2D eigenvalue weighted by Gasteiger charge is -2.05. The van der Waals surface area contributed by atoms with E-state index in [9.17, 15) is 14.0 Å². The summed E-state index contributed by atoms with van der Waals surface area (Å²) in [5.74, 6) is -1.49. The number of thiazole rings is 1. The van der Waals surface area contributed by atoms with E-state index >= 15 is 0 Å². The van der Waals surface area contributed by atoms with Crippen molar-refractivity contribution in [3.8, 4) is 11.3 Å². The van der Waals surface area contributed by atoms with Crippen LogP contribution in [0.4, 0.5) is 4.39 Å². The quantitative estimate of drug-likeness (QED) is 0.913. The van der Waals surface area contributed by atoms with E-state index in [1.165, 1.54) is 16.8 Å². The molecule has 5 nitrogen and oxygen atoms in total. The number of carboxylic acid groups (broad SMARTS) is 1. The third-order valence-corrected chi connectivity index (χ3v) is 3.10. The Hall–Kier alpha value is -2.02. The maximum atomic E-state index is 13.1. The van der Waals surface area contributed by atoms with Crippen molar-refractivity contribution in [3.63, 3.8) is 0 Å². The normalized spacial score (nSPS) is 10.5. The molecule has 0 saturated carbocycles. The summed E-state index contributed by atoms with van der Waals surface area (Å²) >= 11 is 0.948. The summed E-state index contributed by atoms with van der Waals surface area (Å²) in [6.07, 6.45) is 2.34. The maximum absolute atomic E-state index is 13.1. The summed E-state index contributed by atoms with van der Waals surface area (Å²) in [6.45, 7) is 0.0590. The minimum atomic E-state index is -0.989. The summed E-state index contributed by atoms with van der Waals surface area (Å²) < 4.78 is 14.4. The zero-order chi connectivity index (χ0) is 13.1. The van der Waals surface area contributed by atoms with Crippen molar-refractivity contribution in [1.82, 2.24) is 9.55 Å². The van der Waals surface area contributed by atoms with Crippen LogP contribution < -0.4 is 4.87 Å². The highest BCUT2D eigenvalue weighted by molar-refractivity contribution is 7.07. The van der Waals surface area contributed by atoms with Gasteiger partial charge in [0.25, 0.3) is 0 Å². The summed E-state index contributed by atoms with van der Waals surface area (Å²) in [5, 5.41) is 10.2. The Bertz CT molecular complexity index is 635. The lowest BCUT2D eigenvalue weighted by atomic mass is 10.2. The third-order valence-electron chi connectivity index (χ3n) is 2.33. The minimum Gasteiger partial charge on any atom is -0.481 e. The summed E-state index contributed by atoms with van der Waals surface area (Å²) in [5.41, 5.74) is 0.942. The number of carbonyl (C=O) groups is 1. The predicted molar refractivity (Wildman–Crippen MR) is 64.0 cm³/mol. The van der Waals surface area contributed by atoms with Gasteiger partial charge in [0.05, 0.1) is 18.3 Å². The van der Waals surface area contributed by atoms with Gasteiger partial charge in [-0.3, -0.25) is 19.1 Å². The Labute approximate surface area is 105 Å². The molecular formula is C11H9FN2O3S. The highest BCUT2D eigenvalue weighted by atomic mass is 32.1. The van der Waals surface area contributed by atoms with Crippen LogP contribution in [0.15, 0.2) is 28.6 Å². The van der Waals surface area contributed by atoms with Gasteiger partial charge in [-0.15, -0.1) is 0 Å². The molecular weight excluding hydrogens is 259 g/mol. The molecule has 0 amide bonds. The Kier molecular flexibility index (Phi) is 3.52. The summed E-state index contributed by atoms with van der Waals surface area (Å²) in [4.78, 5) is 25.5. The molecule has 0 aliphatic heterocycles. The van der Waals surface area contributed by atoms with Gasteiger partial charge in [0, 0.05) is 23.7 Å². The Morgan fingerprint density at radius 1 is 1.50 bits per heavy atom. The van der Waals surface area contributed by atoms with Crippen molar-refractivity contribution in [1.29, 1.82) is 0 Å². The Balaban J connectivity index is 2.39. The molecule has 7 heteroatoms. The first-order chi connectivity index (χ1) is 8.58.